The number of aryl methyl sites for hydroxylation is 1. The highest BCUT2D eigenvalue weighted by atomic mass is 16.3. The van der Waals surface area contributed by atoms with Gasteiger partial charge in [0.25, 0.3) is 23.6 Å². The Morgan fingerprint density at radius 1 is 0.570 bits per heavy atom. The molecule has 0 bridgehead atoms. The lowest BCUT2D eigenvalue weighted by Gasteiger charge is -2.40. The number of aromatic hydroxyl groups is 1. The van der Waals surface area contributed by atoms with Crippen molar-refractivity contribution in [3.8, 4) is 5.75 Å². The number of benzene rings is 5. The van der Waals surface area contributed by atoms with Crippen LogP contribution in [0.5, 0.6) is 5.75 Å². The van der Waals surface area contributed by atoms with Gasteiger partial charge >= 0.3 is 0 Å². The quantitative estimate of drug-likeness (QED) is 0.0350. The van der Waals surface area contributed by atoms with Crippen molar-refractivity contribution in [3.05, 3.63) is 172 Å². The van der Waals surface area contributed by atoms with Crippen molar-refractivity contribution in [2.75, 3.05) is 88.5 Å². The van der Waals surface area contributed by atoms with Gasteiger partial charge in [-0.1, -0.05) is 85.3 Å². The van der Waals surface area contributed by atoms with E-state index in [0.717, 1.165) is 92.5 Å². The first-order valence-corrected chi connectivity index (χ1v) is 32.5. The maximum atomic E-state index is 14.0. The van der Waals surface area contributed by atoms with Gasteiger partial charge in [0.15, 0.2) is 0 Å². The van der Waals surface area contributed by atoms with E-state index in [-0.39, 0.29) is 62.4 Å². The number of piperidine rings is 2. The van der Waals surface area contributed by atoms with Crippen molar-refractivity contribution in [3.63, 3.8) is 0 Å². The summed E-state index contributed by atoms with van der Waals surface area (Å²) in [6.07, 6.45) is 8.46. The fraction of sp³-hybridized carbons (Fsp3) is 0.408. The Morgan fingerprint density at radius 3 is 1.98 bits per heavy atom. The lowest BCUT2D eigenvalue weighted by atomic mass is 9.69. The molecule has 6 N–H and O–H groups in total. The first-order valence-electron chi connectivity index (χ1n) is 32.5. The zero-order chi connectivity index (χ0) is 65.0. The predicted molar refractivity (Wildman–Crippen MR) is 347 cm³/mol. The highest BCUT2D eigenvalue weighted by molar-refractivity contribution is 6.13. The number of unbranched alkanes of at least 4 members (excludes halogenated alkanes) is 2. The number of nitrogens with zero attached hydrogens (tertiary/aromatic N) is 6. The lowest BCUT2D eigenvalue weighted by molar-refractivity contribution is -0.153. The molecule has 22 nitrogen and oxygen atoms in total. The third-order valence-electron chi connectivity index (χ3n) is 19.0. The van der Waals surface area contributed by atoms with Gasteiger partial charge in [-0.25, -0.2) is 0 Å². The standard InChI is InChI=1S/C71H81N11O11/c83-55-21-24-57-51(40-55)17-22-56(49-12-6-2-7-13-49)68(57)50-15-18-53(19-16-50)78-32-29-48(30-33-78)44-77-34-36-79(37-35-77)54-20-23-58-52(39-54)45-81(70(58)92)60-25-26-67(90)82(71(60)93)46-75-63(86)42-74-69(91)59(38-47-10-4-1-5-11-47)76-64(87)43-73-62(85)41-72-61(84)14-8-3-9-31-80-65(88)27-28-66(80)89/h1-2,4-7,10-13,15-16,18-21,23-24,27-28,39-40,48,56,59-60,68,83H,3,8-9,14,17,22,25-26,29-38,41-46H2,(H,72,84)(H,73,85)(H,74,91)(H,75,86)(H,76,87)/t56-,59+,60+,68+/m1/s1. The van der Waals surface area contributed by atoms with E-state index in [1.54, 1.807) is 30.3 Å². The molecule has 0 spiro atoms. The van der Waals surface area contributed by atoms with Crippen molar-refractivity contribution >= 4 is 70.4 Å². The highest BCUT2D eigenvalue weighted by Crippen LogP contribution is 2.47. The van der Waals surface area contributed by atoms with E-state index in [1.807, 2.05) is 30.3 Å². The Bertz CT molecular complexity index is 3610. The van der Waals surface area contributed by atoms with Crippen LogP contribution in [-0.2, 0) is 62.5 Å². The number of rotatable bonds is 25. The lowest BCUT2D eigenvalue weighted by Crippen LogP contribution is -2.57. The molecule has 3 saturated heterocycles. The van der Waals surface area contributed by atoms with Gasteiger partial charge in [0.2, 0.25) is 35.4 Å². The van der Waals surface area contributed by atoms with E-state index in [0.29, 0.717) is 48.0 Å². The molecule has 1 aliphatic carbocycles. The number of fused-ring (bicyclic) bond motifs is 2. The predicted octanol–water partition coefficient (Wildman–Crippen LogP) is 4.40. The molecule has 0 radical (unpaired) electrons. The summed E-state index contributed by atoms with van der Waals surface area (Å²) < 4.78 is 0. The van der Waals surface area contributed by atoms with E-state index >= 15 is 0 Å². The fourth-order valence-electron chi connectivity index (χ4n) is 13.9. The van der Waals surface area contributed by atoms with Crippen LogP contribution in [0.25, 0.3) is 0 Å². The van der Waals surface area contributed by atoms with Gasteiger partial charge in [-0.15, -0.1) is 0 Å². The van der Waals surface area contributed by atoms with Gasteiger partial charge in [-0.05, 0) is 133 Å². The molecule has 93 heavy (non-hydrogen) atoms. The second-order valence-corrected chi connectivity index (χ2v) is 25.0. The van der Waals surface area contributed by atoms with E-state index in [9.17, 15) is 53.1 Å². The Balaban J connectivity index is 0.594. The topological polar surface area (TPSA) is 271 Å². The zero-order valence-corrected chi connectivity index (χ0v) is 52.3. The van der Waals surface area contributed by atoms with Gasteiger partial charge in [-0.2, -0.15) is 0 Å². The molecular weight excluding hydrogens is 1180 g/mol. The second kappa shape index (κ2) is 30.2. The monoisotopic (exact) mass is 1260 g/mol. The summed E-state index contributed by atoms with van der Waals surface area (Å²) >= 11 is 0. The second-order valence-electron chi connectivity index (χ2n) is 25.0. The van der Waals surface area contributed by atoms with Gasteiger partial charge < -0.3 is 46.4 Å². The van der Waals surface area contributed by atoms with Crippen LogP contribution in [0.2, 0.25) is 0 Å². The van der Waals surface area contributed by atoms with Crippen LogP contribution < -0.4 is 36.4 Å². The zero-order valence-electron chi connectivity index (χ0n) is 52.3. The molecule has 486 valence electrons. The Labute approximate surface area is 541 Å². The molecule has 0 saturated carbocycles. The summed E-state index contributed by atoms with van der Waals surface area (Å²) in [5.41, 5.74) is 9.46. The number of carbonyl (C=O) groups is 10. The van der Waals surface area contributed by atoms with Crippen molar-refractivity contribution in [2.45, 2.75) is 101 Å². The molecular formula is C71H81N11O11. The highest BCUT2D eigenvalue weighted by Gasteiger charge is 2.43. The molecule has 0 aromatic heterocycles. The summed E-state index contributed by atoms with van der Waals surface area (Å²) in [5, 5.41) is 22.8. The number of nitrogens with one attached hydrogen (secondary N) is 5. The smallest absolute Gasteiger partial charge is 0.255 e. The van der Waals surface area contributed by atoms with Gasteiger partial charge in [0.05, 0.1) is 19.6 Å². The molecule has 5 heterocycles. The van der Waals surface area contributed by atoms with E-state index in [4.69, 9.17) is 0 Å². The molecule has 0 unspecified atom stereocenters. The summed E-state index contributed by atoms with van der Waals surface area (Å²) in [7, 11) is 0. The Morgan fingerprint density at radius 2 is 1.24 bits per heavy atom. The van der Waals surface area contributed by atoms with Crippen LogP contribution in [0.4, 0.5) is 11.4 Å². The average Bonchev–Trinajstić information content (AvgIpc) is 1.64. The Kier molecular flexibility index (Phi) is 21.0. The normalized spacial score (nSPS) is 19.5. The third-order valence-corrected chi connectivity index (χ3v) is 19.0. The molecule has 5 aliphatic heterocycles. The minimum atomic E-state index is -1.18. The number of phenols is 1. The number of amides is 10. The van der Waals surface area contributed by atoms with Crippen LogP contribution in [-0.4, -0.2) is 175 Å². The average molecular weight is 1260 g/mol. The van der Waals surface area contributed by atoms with E-state index < -0.39 is 79.7 Å². The number of carbonyl (C=O) groups excluding carboxylic acids is 10. The van der Waals surface area contributed by atoms with Crippen LogP contribution in [0.15, 0.2) is 133 Å². The summed E-state index contributed by atoms with van der Waals surface area (Å²) in [6.45, 7) is 5.06. The van der Waals surface area contributed by atoms with Crippen molar-refractivity contribution in [1.29, 1.82) is 0 Å². The van der Waals surface area contributed by atoms with Crippen molar-refractivity contribution < 1.29 is 53.1 Å². The Hall–Kier alpha value is -9.70. The van der Waals surface area contributed by atoms with Crippen LogP contribution in [0.1, 0.15) is 113 Å². The summed E-state index contributed by atoms with van der Waals surface area (Å²) in [4.78, 5) is 140. The molecule has 5 aromatic carbocycles. The van der Waals surface area contributed by atoms with E-state index in [1.165, 1.54) is 45.0 Å². The number of phenolic OH excluding ortho intramolecular Hbond substituents is 1. The number of piperazine rings is 1. The fourth-order valence-corrected chi connectivity index (χ4v) is 13.9. The molecule has 5 aromatic rings. The minimum Gasteiger partial charge on any atom is -0.508 e. The van der Waals surface area contributed by atoms with Gasteiger partial charge in [0.1, 0.15) is 24.5 Å². The van der Waals surface area contributed by atoms with Gasteiger partial charge in [-0.3, -0.25) is 62.6 Å². The van der Waals surface area contributed by atoms with Crippen LogP contribution in [0.3, 0.4) is 0 Å². The SMILES string of the molecule is O=C(CCCCCN1C(=O)C=CC1=O)NCC(=O)NCC(=O)N[C@@H](Cc1ccccc1)C(=O)NCC(=O)NCN1C(=O)CC[C@H](N2Cc3cc(N4CCN(CC5CCN(c6ccc([C@@H]7c8ccc(O)cc8CC[C@@H]7c7ccccc7)cc6)CC5)CC4)ccc3C2=O)C1=O. The van der Waals surface area contributed by atoms with Crippen molar-refractivity contribution in [2.24, 2.45) is 5.92 Å². The third kappa shape index (κ3) is 16.1. The van der Waals surface area contributed by atoms with E-state index in [2.05, 4.69) is 102 Å². The number of imide groups is 2. The number of likely N-dealkylation sites (tertiary alicyclic amines) is 1. The molecule has 6 aliphatic rings. The molecule has 11 rings (SSSR count). The number of hydrogen-bond donors (Lipinski definition) is 6. The number of hydrogen-bond acceptors (Lipinski definition) is 14. The maximum Gasteiger partial charge on any atom is 0.255 e. The summed E-state index contributed by atoms with van der Waals surface area (Å²) in [6, 6.07) is 38.4. The first-order chi connectivity index (χ1) is 45.1. The van der Waals surface area contributed by atoms with Crippen LogP contribution in [0, 0.1) is 5.92 Å². The molecule has 4 atom stereocenters. The molecule has 10 amide bonds. The van der Waals surface area contributed by atoms with Gasteiger partial charge in [0, 0.05) is 113 Å². The largest absolute Gasteiger partial charge is 0.508 e. The maximum absolute atomic E-state index is 14.0. The van der Waals surface area contributed by atoms with Crippen LogP contribution >= 0.6 is 0 Å². The number of anilines is 2. The molecule has 22 heteroatoms. The first kappa shape index (κ1) is 64.8. The summed E-state index contributed by atoms with van der Waals surface area (Å²) in [5.74, 6) is -3.87. The van der Waals surface area contributed by atoms with Crippen molar-refractivity contribution in [1.82, 2.24) is 46.2 Å². The minimum absolute atomic E-state index is 0.0305. The molecule has 3 fully saturated rings.